The van der Waals surface area contributed by atoms with Crippen LogP contribution in [0.5, 0.6) is 0 Å². The van der Waals surface area contributed by atoms with Crippen molar-refractivity contribution in [2.24, 2.45) is 0 Å². The second kappa shape index (κ2) is 8.68. The number of alkyl halides is 2. The first-order valence-corrected chi connectivity index (χ1v) is 6.75. The van der Waals surface area contributed by atoms with E-state index in [9.17, 15) is 8.78 Å². The van der Waals surface area contributed by atoms with Crippen LogP contribution in [0.15, 0.2) is 30.3 Å². The van der Waals surface area contributed by atoms with Crippen LogP contribution in [0.2, 0.25) is 0 Å². The minimum absolute atomic E-state index is 0.288. The van der Waals surface area contributed by atoms with Gasteiger partial charge in [-0.2, -0.15) is 8.78 Å². The average molecular weight is 282 g/mol. The normalized spacial score (nSPS) is 11.2. The van der Waals surface area contributed by atoms with Gasteiger partial charge in [-0.25, -0.2) is 0 Å². The lowest BCUT2D eigenvalue weighted by Crippen LogP contribution is -2.19. The highest BCUT2D eigenvalue weighted by Crippen LogP contribution is 2.20. The molecule has 0 amide bonds. The summed E-state index contributed by atoms with van der Waals surface area (Å²) in [6.45, 7) is 4.27. The SMILES string of the molecule is CCOC(C#CC(F)(F)CCc1ccccc1)OCC. The lowest BCUT2D eigenvalue weighted by Gasteiger charge is -2.12. The molecule has 0 saturated carbocycles. The van der Waals surface area contributed by atoms with Gasteiger partial charge in [-0.3, -0.25) is 0 Å². The lowest BCUT2D eigenvalue weighted by molar-refractivity contribution is -0.0975. The van der Waals surface area contributed by atoms with Gasteiger partial charge in [0.2, 0.25) is 6.29 Å². The maximum absolute atomic E-state index is 13.7. The van der Waals surface area contributed by atoms with Crippen LogP contribution in [0, 0.1) is 11.8 Å². The molecule has 1 aromatic rings. The maximum atomic E-state index is 13.7. The zero-order valence-electron chi connectivity index (χ0n) is 11.9. The number of rotatable bonds is 7. The van der Waals surface area contributed by atoms with Gasteiger partial charge < -0.3 is 9.47 Å². The summed E-state index contributed by atoms with van der Waals surface area (Å²) < 4.78 is 37.6. The van der Waals surface area contributed by atoms with Crippen molar-refractivity contribution in [2.45, 2.75) is 38.9 Å². The van der Waals surface area contributed by atoms with Crippen LogP contribution in [0.3, 0.4) is 0 Å². The molecule has 2 nitrogen and oxygen atoms in total. The van der Waals surface area contributed by atoms with Crippen molar-refractivity contribution in [1.29, 1.82) is 0 Å². The number of halogens is 2. The third-order valence-corrected chi connectivity index (χ3v) is 2.58. The minimum Gasteiger partial charge on any atom is -0.342 e. The highest BCUT2D eigenvalue weighted by Gasteiger charge is 2.25. The molecule has 1 rings (SSSR count). The van der Waals surface area contributed by atoms with Crippen molar-refractivity contribution in [3.8, 4) is 11.8 Å². The van der Waals surface area contributed by atoms with Gasteiger partial charge in [-0.1, -0.05) is 30.3 Å². The van der Waals surface area contributed by atoms with Gasteiger partial charge in [-0.05, 0) is 37.7 Å². The van der Waals surface area contributed by atoms with Crippen molar-refractivity contribution in [3.05, 3.63) is 35.9 Å². The smallest absolute Gasteiger partial charge is 0.308 e. The number of hydrogen-bond donors (Lipinski definition) is 0. The Balaban J connectivity index is 2.55. The Hall–Kier alpha value is -1.44. The van der Waals surface area contributed by atoms with Crippen LogP contribution in [0.1, 0.15) is 25.8 Å². The van der Waals surface area contributed by atoms with E-state index in [2.05, 4.69) is 5.92 Å². The van der Waals surface area contributed by atoms with E-state index in [1.54, 1.807) is 13.8 Å². The van der Waals surface area contributed by atoms with Crippen LogP contribution in [-0.2, 0) is 15.9 Å². The number of hydrogen-bond acceptors (Lipinski definition) is 2. The van der Waals surface area contributed by atoms with Gasteiger partial charge in [0.15, 0.2) is 0 Å². The van der Waals surface area contributed by atoms with Gasteiger partial charge in [-0.15, -0.1) is 0 Å². The topological polar surface area (TPSA) is 18.5 Å². The Morgan fingerprint density at radius 3 is 2.25 bits per heavy atom. The monoisotopic (exact) mass is 282 g/mol. The van der Waals surface area contributed by atoms with E-state index in [0.717, 1.165) is 5.56 Å². The van der Waals surface area contributed by atoms with E-state index < -0.39 is 12.2 Å². The molecule has 0 aliphatic heterocycles. The summed E-state index contributed by atoms with van der Waals surface area (Å²) in [7, 11) is 0. The Morgan fingerprint density at radius 2 is 1.70 bits per heavy atom. The van der Waals surface area contributed by atoms with Crippen LogP contribution >= 0.6 is 0 Å². The van der Waals surface area contributed by atoms with Crippen molar-refractivity contribution in [1.82, 2.24) is 0 Å². The molecule has 0 heterocycles. The molecule has 0 spiro atoms. The van der Waals surface area contributed by atoms with Crippen LogP contribution in [0.25, 0.3) is 0 Å². The molecule has 0 atom stereocenters. The van der Waals surface area contributed by atoms with Crippen molar-refractivity contribution in [2.75, 3.05) is 13.2 Å². The number of benzene rings is 1. The molecule has 1 aromatic carbocycles. The summed E-state index contributed by atoms with van der Waals surface area (Å²) >= 11 is 0. The van der Waals surface area contributed by atoms with Crippen LogP contribution in [0.4, 0.5) is 8.78 Å². The molecular weight excluding hydrogens is 262 g/mol. The minimum atomic E-state index is -3.04. The van der Waals surface area contributed by atoms with E-state index >= 15 is 0 Å². The summed E-state index contributed by atoms with van der Waals surface area (Å²) in [5, 5.41) is 0. The zero-order chi connectivity index (χ0) is 14.8. The molecule has 4 heteroatoms. The third-order valence-electron chi connectivity index (χ3n) is 2.58. The molecule has 0 fully saturated rings. The van der Waals surface area contributed by atoms with Gasteiger partial charge in [0.25, 0.3) is 0 Å². The second-order valence-electron chi connectivity index (χ2n) is 4.20. The fourth-order valence-electron chi connectivity index (χ4n) is 1.61. The molecular formula is C16H20F2O2. The van der Waals surface area contributed by atoms with E-state index in [0.29, 0.717) is 13.2 Å². The Bertz CT molecular complexity index is 429. The molecule has 0 N–H and O–H groups in total. The first-order chi connectivity index (χ1) is 9.57. The van der Waals surface area contributed by atoms with Crippen molar-refractivity contribution < 1.29 is 18.3 Å². The molecule has 0 radical (unpaired) electrons. The van der Waals surface area contributed by atoms with Crippen LogP contribution < -0.4 is 0 Å². The standard InChI is InChI=1S/C16H20F2O2/c1-3-19-15(20-4-2)11-13-16(17,18)12-10-14-8-6-5-7-9-14/h5-9,15H,3-4,10,12H2,1-2H3. The van der Waals surface area contributed by atoms with Gasteiger partial charge in [0.05, 0.1) is 0 Å². The van der Waals surface area contributed by atoms with E-state index in [1.165, 1.54) is 0 Å². The van der Waals surface area contributed by atoms with E-state index in [4.69, 9.17) is 9.47 Å². The number of aryl methyl sites for hydroxylation is 1. The Labute approximate surface area is 119 Å². The molecule has 0 aliphatic rings. The van der Waals surface area contributed by atoms with Crippen LogP contribution in [-0.4, -0.2) is 25.4 Å². The van der Waals surface area contributed by atoms with Crippen molar-refractivity contribution >= 4 is 0 Å². The summed E-state index contributed by atoms with van der Waals surface area (Å²) in [6.07, 6.45) is -0.904. The molecule has 110 valence electrons. The maximum Gasteiger partial charge on any atom is 0.308 e. The summed E-state index contributed by atoms with van der Waals surface area (Å²) in [5.74, 6) is 1.28. The van der Waals surface area contributed by atoms with Crippen molar-refractivity contribution in [3.63, 3.8) is 0 Å². The fraction of sp³-hybridized carbons (Fsp3) is 0.500. The predicted molar refractivity (Wildman–Crippen MR) is 74.5 cm³/mol. The molecule has 0 aliphatic carbocycles. The second-order valence-corrected chi connectivity index (χ2v) is 4.20. The zero-order valence-corrected chi connectivity index (χ0v) is 11.9. The van der Waals surface area contributed by atoms with Gasteiger partial charge in [0.1, 0.15) is 0 Å². The van der Waals surface area contributed by atoms with Gasteiger partial charge >= 0.3 is 5.92 Å². The largest absolute Gasteiger partial charge is 0.342 e. The Morgan fingerprint density at radius 1 is 1.10 bits per heavy atom. The summed E-state index contributed by atoms with van der Waals surface area (Å²) in [5.41, 5.74) is 0.875. The number of ether oxygens (including phenoxy) is 2. The quantitative estimate of drug-likeness (QED) is 0.561. The molecule has 20 heavy (non-hydrogen) atoms. The third kappa shape index (κ3) is 6.65. The first-order valence-electron chi connectivity index (χ1n) is 6.75. The lowest BCUT2D eigenvalue weighted by atomic mass is 10.1. The van der Waals surface area contributed by atoms with Gasteiger partial charge in [0, 0.05) is 19.6 Å². The molecule has 0 bridgehead atoms. The molecule has 0 saturated heterocycles. The summed E-state index contributed by atoms with van der Waals surface area (Å²) in [4.78, 5) is 0. The fourth-order valence-corrected chi connectivity index (χ4v) is 1.61. The summed E-state index contributed by atoms with van der Waals surface area (Å²) in [6, 6.07) is 9.17. The Kier molecular flexibility index (Phi) is 7.21. The average Bonchev–Trinajstić information content (AvgIpc) is 2.45. The van der Waals surface area contributed by atoms with E-state index in [-0.39, 0.29) is 12.8 Å². The highest BCUT2D eigenvalue weighted by molar-refractivity contribution is 5.17. The highest BCUT2D eigenvalue weighted by atomic mass is 19.3. The molecule has 0 aromatic heterocycles. The predicted octanol–water partition coefficient (Wildman–Crippen LogP) is 3.66. The first kappa shape index (κ1) is 16.6. The van der Waals surface area contributed by atoms with E-state index in [1.807, 2.05) is 36.3 Å². The molecule has 0 unspecified atom stereocenters.